The second-order valence-corrected chi connectivity index (χ2v) is 6.16. The van der Waals surface area contributed by atoms with E-state index >= 15 is 0 Å². The predicted octanol–water partition coefficient (Wildman–Crippen LogP) is 2.45. The quantitative estimate of drug-likeness (QED) is 0.688. The van der Waals surface area contributed by atoms with Crippen LogP contribution in [-0.2, 0) is 0 Å². The van der Waals surface area contributed by atoms with E-state index in [1.165, 1.54) is 6.42 Å². The summed E-state index contributed by atoms with van der Waals surface area (Å²) in [7, 11) is 0. The largest absolute Gasteiger partial charge is 0.391 e. The van der Waals surface area contributed by atoms with E-state index in [1.54, 1.807) is 0 Å². The molecule has 0 spiro atoms. The van der Waals surface area contributed by atoms with Crippen LogP contribution in [0.25, 0.3) is 0 Å². The van der Waals surface area contributed by atoms with Gasteiger partial charge >= 0.3 is 0 Å². The van der Waals surface area contributed by atoms with E-state index in [0.29, 0.717) is 0 Å². The van der Waals surface area contributed by atoms with Gasteiger partial charge in [-0.1, -0.05) is 41.5 Å². The van der Waals surface area contributed by atoms with Crippen molar-refractivity contribution in [2.75, 3.05) is 39.3 Å². The molecule has 0 bridgehead atoms. The van der Waals surface area contributed by atoms with Gasteiger partial charge in [0.15, 0.2) is 0 Å². The molecule has 0 aliphatic heterocycles. The van der Waals surface area contributed by atoms with Gasteiger partial charge in [0.1, 0.15) is 0 Å². The average molecular weight is 258 g/mol. The zero-order chi connectivity index (χ0) is 14.2. The molecular weight excluding hydrogens is 224 g/mol. The van der Waals surface area contributed by atoms with Gasteiger partial charge in [0.2, 0.25) is 0 Å². The van der Waals surface area contributed by atoms with E-state index in [1.807, 2.05) is 0 Å². The Labute approximate surface area is 114 Å². The van der Waals surface area contributed by atoms with Crippen LogP contribution >= 0.6 is 0 Å². The maximum Gasteiger partial charge on any atom is 0.0715 e. The van der Waals surface area contributed by atoms with E-state index in [9.17, 15) is 5.11 Å². The molecule has 0 saturated heterocycles. The standard InChI is InChI=1S/C15H34N2O/c1-7-16(8-2)11-10-12-17(9-3)13-14(18)15(4,5)6/h14,18H,7-13H2,1-6H3. The van der Waals surface area contributed by atoms with E-state index in [-0.39, 0.29) is 11.5 Å². The first kappa shape index (κ1) is 17.9. The third-order valence-corrected chi connectivity index (χ3v) is 3.72. The number of likely N-dealkylation sites (N-methyl/N-ethyl adjacent to an activating group) is 1. The Morgan fingerprint density at radius 3 is 1.72 bits per heavy atom. The number of hydrogen-bond donors (Lipinski definition) is 1. The van der Waals surface area contributed by atoms with Gasteiger partial charge < -0.3 is 14.9 Å². The Morgan fingerprint density at radius 1 is 0.889 bits per heavy atom. The molecule has 0 saturated carbocycles. The second-order valence-electron chi connectivity index (χ2n) is 6.16. The second kappa shape index (κ2) is 8.89. The molecule has 1 N–H and O–H groups in total. The van der Waals surface area contributed by atoms with Gasteiger partial charge in [-0.05, 0) is 44.6 Å². The van der Waals surface area contributed by atoms with E-state index in [4.69, 9.17) is 0 Å². The molecule has 0 heterocycles. The first-order chi connectivity index (χ1) is 8.35. The Balaban J connectivity index is 3.97. The van der Waals surface area contributed by atoms with Crippen molar-refractivity contribution in [2.45, 2.75) is 54.1 Å². The van der Waals surface area contributed by atoms with Crippen LogP contribution in [0.2, 0.25) is 0 Å². The van der Waals surface area contributed by atoms with Gasteiger partial charge in [-0.2, -0.15) is 0 Å². The lowest BCUT2D eigenvalue weighted by molar-refractivity contribution is 0.0288. The van der Waals surface area contributed by atoms with E-state index in [0.717, 1.165) is 39.3 Å². The van der Waals surface area contributed by atoms with Gasteiger partial charge in [-0.3, -0.25) is 0 Å². The van der Waals surface area contributed by atoms with Gasteiger partial charge in [0, 0.05) is 6.54 Å². The van der Waals surface area contributed by atoms with Crippen molar-refractivity contribution in [1.29, 1.82) is 0 Å². The summed E-state index contributed by atoms with van der Waals surface area (Å²) in [6.07, 6.45) is 0.942. The highest BCUT2D eigenvalue weighted by molar-refractivity contribution is 4.76. The molecule has 110 valence electrons. The van der Waals surface area contributed by atoms with Crippen LogP contribution in [0.1, 0.15) is 48.0 Å². The van der Waals surface area contributed by atoms with Crippen LogP contribution in [0.15, 0.2) is 0 Å². The van der Waals surface area contributed by atoms with E-state index in [2.05, 4.69) is 51.3 Å². The fourth-order valence-corrected chi connectivity index (χ4v) is 1.95. The van der Waals surface area contributed by atoms with Crippen LogP contribution in [0, 0.1) is 5.41 Å². The summed E-state index contributed by atoms with van der Waals surface area (Å²) < 4.78 is 0. The Bertz CT molecular complexity index is 197. The summed E-state index contributed by atoms with van der Waals surface area (Å²) in [5, 5.41) is 10.1. The van der Waals surface area contributed by atoms with Crippen molar-refractivity contribution in [3.63, 3.8) is 0 Å². The number of nitrogens with zero attached hydrogens (tertiary/aromatic N) is 2. The molecule has 0 aromatic rings. The summed E-state index contributed by atoms with van der Waals surface area (Å²) in [5.41, 5.74) is -0.0215. The molecule has 0 fully saturated rings. The average Bonchev–Trinajstić information content (AvgIpc) is 2.31. The first-order valence-corrected chi connectivity index (χ1v) is 7.47. The van der Waals surface area contributed by atoms with Crippen molar-refractivity contribution in [3.05, 3.63) is 0 Å². The molecule has 1 unspecified atom stereocenters. The summed E-state index contributed by atoms with van der Waals surface area (Å²) >= 11 is 0. The zero-order valence-electron chi connectivity index (χ0n) is 13.4. The molecule has 1 atom stereocenters. The van der Waals surface area contributed by atoms with Crippen molar-refractivity contribution >= 4 is 0 Å². The molecule has 0 radical (unpaired) electrons. The summed E-state index contributed by atoms with van der Waals surface area (Å²) in [6.45, 7) is 19.2. The minimum Gasteiger partial charge on any atom is -0.391 e. The van der Waals surface area contributed by atoms with Crippen molar-refractivity contribution < 1.29 is 5.11 Å². The molecule has 18 heavy (non-hydrogen) atoms. The number of rotatable bonds is 9. The van der Waals surface area contributed by atoms with Crippen molar-refractivity contribution in [1.82, 2.24) is 9.80 Å². The van der Waals surface area contributed by atoms with Gasteiger partial charge in [-0.15, -0.1) is 0 Å². The molecule has 0 aromatic heterocycles. The monoisotopic (exact) mass is 258 g/mol. The maximum absolute atomic E-state index is 10.1. The van der Waals surface area contributed by atoms with Crippen LogP contribution in [0.5, 0.6) is 0 Å². The van der Waals surface area contributed by atoms with Crippen molar-refractivity contribution in [2.24, 2.45) is 5.41 Å². The predicted molar refractivity (Wildman–Crippen MR) is 80.0 cm³/mol. The summed E-state index contributed by atoms with van der Waals surface area (Å²) in [5.74, 6) is 0. The highest BCUT2D eigenvalue weighted by atomic mass is 16.3. The molecule has 3 nitrogen and oxygen atoms in total. The highest BCUT2D eigenvalue weighted by Crippen LogP contribution is 2.19. The van der Waals surface area contributed by atoms with Gasteiger partial charge in [0.05, 0.1) is 6.10 Å². The zero-order valence-corrected chi connectivity index (χ0v) is 13.4. The molecule has 0 aliphatic carbocycles. The fraction of sp³-hybridized carbons (Fsp3) is 1.00. The summed E-state index contributed by atoms with van der Waals surface area (Å²) in [6, 6.07) is 0. The molecule has 0 rings (SSSR count). The lowest BCUT2D eigenvalue weighted by Crippen LogP contribution is -2.40. The number of aliphatic hydroxyl groups excluding tert-OH is 1. The SMILES string of the molecule is CCN(CC)CCCN(CC)CC(O)C(C)(C)C. The Morgan fingerprint density at radius 2 is 1.33 bits per heavy atom. The van der Waals surface area contributed by atoms with Crippen LogP contribution < -0.4 is 0 Å². The summed E-state index contributed by atoms with van der Waals surface area (Å²) in [4.78, 5) is 4.81. The lowest BCUT2D eigenvalue weighted by atomic mass is 9.89. The highest BCUT2D eigenvalue weighted by Gasteiger charge is 2.23. The molecule has 0 amide bonds. The van der Waals surface area contributed by atoms with Gasteiger partial charge in [0.25, 0.3) is 0 Å². The Hall–Kier alpha value is -0.120. The first-order valence-electron chi connectivity index (χ1n) is 7.47. The normalized spacial score (nSPS) is 14.5. The van der Waals surface area contributed by atoms with Gasteiger partial charge in [-0.25, -0.2) is 0 Å². The number of aliphatic hydroxyl groups is 1. The minimum atomic E-state index is -0.245. The third-order valence-electron chi connectivity index (χ3n) is 3.72. The van der Waals surface area contributed by atoms with Crippen LogP contribution in [-0.4, -0.2) is 60.3 Å². The van der Waals surface area contributed by atoms with Crippen LogP contribution in [0.4, 0.5) is 0 Å². The third kappa shape index (κ3) is 7.34. The van der Waals surface area contributed by atoms with E-state index < -0.39 is 0 Å². The number of hydrogen-bond acceptors (Lipinski definition) is 3. The molecule has 0 aliphatic rings. The maximum atomic E-state index is 10.1. The minimum absolute atomic E-state index is 0.0215. The van der Waals surface area contributed by atoms with Crippen LogP contribution in [0.3, 0.4) is 0 Å². The smallest absolute Gasteiger partial charge is 0.0715 e. The Kier molecular flexibility index (Phi) is 8.83. The van der Waals surface area contributed by atoms with Crippen molar-refractivity contribution in [3.8, 4) is 0 Å². The topological polar surface area (TPSA) is 26.7 Å². The molecular formula is C15H34N2O. The molecule has 0 aromatic carbocycles. The molecule has 3 heteroatoms. The lowest BCUT2D eigenvalue weighted by Gasteiger charge is -2.31. The fourth-order valence-electron chi connectivity index (χ4n) is 1.95.